The quantitative estimate of drug-likeness (QED) is 0.854. The minimum atomic E-state index is -0.917. The molecule has 102 valence electrons. The molecule has 1 heterocycles. The van der Waals surface area contributed by atoms with Crippen LogP contribution in [0.25, 0.3) is 0 Å². The average molecular weight is 261 g/mol. The number of hydrogen-bond acceptors (Lipinski definition) is 3. The zero-order valence-electron chi connectivity index (χ0n) is 10.9. The van der Waals surface area contributed by atoms with Crippen molar-refractivity contribution in [1.29, 1.82) is 0 Å². The lowest BCUT2D eigenvalue weighted by molar-refractivity contribution is -0.0507. The van der Waals surface area contributed by atoms with Crippen molar-refractivity contribution in [2.75, 3.05) is 5.73 Å². The van der Waals surface area contributed by atoms with Crippen LogP contribution in [0.4, 0.5) is 5.82 Å². The third kappa shape index (κ3) is 1.53. The summed E-state index contributed by atoms with van der Waals surface area (Å²) >= 11 is 0. The van der Waals surface area contributed by atoms with Crippen LogP contribution in [-0.4, -0.2) is 20.9 Å². The molecule has 0 amide bonds. The van der Waals surface area contributed by atoms with Crippen LogP contribution in [0, 0.1) is 17.8 Å². The summed E-state index contributed by atoms with van der Waals surface area (Å²) in [6.07, 6.45) is 7.25. The van der Waals surface area contributed by atoms with E-state index in [2.05, 4.69) is 5.10 Å². The maximum Gasteiger partial charge on any atom is 0.354 e. The van der Waals surface area contributed by atoms with Crippen LogP contribution in [0.15, 0.2) is 6.07 Å². The Morgan fingerprint density at radius 2 is 1.79 bits per heavy atom. The average Bonchev–Trinajstić information content (AvgIpc) is 2.70. The molecule has 4 bridgehead atoms. The number of hydrogen-bond donors (Lipinski definition) is 2. The fraction of sp³-hybridized carbons (Fsp3) is 0.714. The van der Waals surface area contributed by atoms with Crippen LogP contribution in [0.2, 0.25) is 0 Å². The van der Waals surface area contributed by atoms with Gasteiger partial charge in [0.25, 0.3) is 0 Å². The maximum atomic E-state index is 11.4. The SMILES string of the molecule is Nc1cc(C(=O)O)n(C23CC4CC(CC(C4)C2)C3)n1. The van der Waals surface area contributed by atoms with Crippen molar-refractivity contribution in [1.82, 2.24) is 9.78 Å². The first kappa shape index (κ1) is 11.3. The first-order valence-corrected chi connectivity index (χ1v) is 7.15. The number of aromatic nitrogens is 2. The maximum absolute atomic E-state index is 11.4. The summed E-state index contributed by atoms with van der Waals surface area (Å²) in [4.78, 5) is 11.4. The monoisotopic (exact) mass is 261 g/mol. The third-order valence-electron chi connectivity index (χ3n) is 5.40. The van der Waals surface area contributed by atoms with Gasteiger partial charge in [0.1, 0.15) is 11.5 Å². The number of carboxylic acids is 1. The lowest BCUT2D eigenvalue weighted by atomic mass is 9.53. The number of nitrogens with zero attached hydrogens (tertiary/aromatic N) is 2. The first-order valence-electron chi connectivity index (χ1n) is 7.15. The first-order chi connectivity index (χ1) is 9.06. The number of rotatable bonds is 2. The molecule has 0 aromatic carbocycles. The van der Waals surface area contributed by atoms with E-state index in [-0.39, 0.29) is 11.2 Å². The van der Waals surface area contributed by atoms with Crippen LogP contribution in [-0.2, 0) is 5.54 Å². The highest BCUT2D eigenvalue weighted by Gasteiger charge is 2.53. The van der Waals surface area contributed by atoms with Gasteiger partial charge in [-0.25, -0.2) is 9.48 Å². The van der Waals surface area contributed by atoms with Crippen LogP contribution < -0.4 is 5.73 Å². The number of nitrogen functional groups attached to an aromatic ring is 1. The molecular weight excluding hydrogens is 242 g/mol. The highest BCUT2D eigenvalue weighted by Crippen LogP contribution is 2.58. The summed E-state index contributed by atoms with van der Waals surface area (Å²) in [5.41, 5.74) is 5.93. The highest BCUT2D eigenvalue weighted by atomic mass is 16.4. The Morgan fingerprint density at radius 3 is 2.26 bits per heavy atom. The Bertz CT molecular complexity index is 514. The molecule has 5 heteroatoms. The summed E-state index contributed by atoms with van der Waals surface area (Å²) in [6.45, 7) is 0. The zero-order chi connectivity index (χ0) is 13.2. The highest BCUT2D eigenvalue weighted by molar-refractivity contribution is 5.86. The number of nitrogens with two attached hydrogens (primary N) is 1. The molecule has 4 saturated carbocycles. The largest absolute Gasteiger partial charge is 0.477 e. The van der Waals surface area contributed by atoms with Crippen molar-refractivity contribution < 1.29 is 9.90 Å². The molecule has 0 atom stereocenters. The van der Waals surface area contributed by atoms with Crippen LogP contribution in [0.5, 0.6) is 0 Å². The molecule has 5 rings (SSSR count). The lowest BCUT2D eigenvalue weighted by Crippen LogP contribution is -2.52. The van der Waals surface area contributed by atoms with Gasteiger partial charge in [0.15, 0.2) is 0 Å². The minimum absolute atomic E-state index is 0.0694. The second-order valence-corrected chi connectivity index (χ2v) is 6.81. The number of aromatic carboxylic acids is 1. The molecule has 0 unspecified atom stereocenters. The minimum Gasteiger partial charge on any atom is -0.477 e. The van der Waals surface area contributed by atoms with E-state index in [0.717, 1.165) is 37.0 Å². The van der Waals surface area contributed by atoms with E-state index in [4.69, 9.17) is 5.73 Å². The summed E-state index contributed by atoms with van der Waals surface area (Å²) < 4.78 is 1.76. The summed E-state index contributed by atoms with van der Waals surface area (Å²) in [5.74, 6) is 1.70. The van der Waals surface area contributed by atoms with E-state index in [9.17, 15) is 9.90 Å². The molecule has 0 saturated heterocycles. The van der Waals surface area contributed by atoms with Gasteiger partial charge in [-0.1, -0.05) is 0 Å². The Hall–Kier alpha value is -1.52. The van der Waals surface area contributed by atoms with Gasteiger partial charge in [0.05, 0.1) is 5.54 Å². The number of anilines is 1. The molecule has 0 spiro atoms. The summed E-state index contributed by atoms with van der Waals surface area (Å²) in [7, 11) is 0. The molecule has 4 fully saturated rings. The normalized spacial score (nSPS) is 39.7. The standard InChI is InChI=1S/C14H19N3O2/c15-12-4-11(13(18)19)17(16-12)14-5-8-1-9(6-14)3-10(2-8)7-14/h4,8-10H,1-3,5-7H2,(H2,15,16)(H,18,19). The van der Waals surface area contributed by atoms with E-state index in [0.29, 0.717) is 5.82 Å². The van der Waals surface area contributed by atoms with Gasteiger partial charge in [-0.15, -0.1) is 0 Å². The fourth-order valence-corrected chi connectivity index (χ4v) is 5.24. The molecule has 4 aliphatic rings. The van der Waals surface area contributed by atoms with Gasteiger partial charge in [0.2, 0.25) is 0 Å². The van der Waals surface area contributed by atoms with Crippen molar-refractivity contribution in [2.24, 2.45) is 17.8 Å². The topological polar surface area (TPSA) is 81.1 Å². The Morgan fingerprint density at radius 1 is 1.26 bits per heavy atom. The van der Waals surface area contributed by atoms with Gasteiger partial charge < -0.3 is 10.8 Å². The summed E-state index contributed by atoms with van der Waals surface area (Å²) in [5, 5.41) is 13.7. The number of carboxylic acid groups (broad SMARTS) is 1. The van der Waals surface area contributed by atoms with Crippen LogP contribution >= 0.6 is 0 Å². The van der Waals surface area contributed by atoms with Gasteiger partial charge in [-0.2, -0.15) is 5.10 Å². The lowest BCUT2D eigenvalue weighted by Gasteiger charge is -2.56. The molecule has 1 aromatic rings. The molecule has 0 radical (unpaired) electrons. The van der Waals surface area contributed by atoms with Gasteiger partial charge >= 0.3 is 5.97 Å². The molecule has 5 nitrogen and oxygen atoms in total. The van der Waals surface area contributed by atoms with Gasteiger partial charge in [-0.3, -0.25) is 0 Å². The Labute approximate surface area is 111 Å². The molecule has 3 N–H and O–H groups in total. The van der Waals surface area contributed by atoms with Crippen LogP contribution in [0.1, 0.15) is 49.0 Å². The van der Waals surface area contributed by atoms with Crippen molar-refractivity contribution in [3.8, 4) is 0 Å². The Balaban J connectivity index is 1.81. The Kier molecular flexibility index (Phi) is 2.10. The van der Waals surface area contributed by atoms with Gasteiger partial charge in [0, 0.05) is 6.07 Å². The molecule has 4 aliphatic carbocycles. The van der Waals surface area contributed by atoms with Crippen molar-refractivity contribution in [3.63, 3.8) is 0 Å². The third-order valence-corrected chi connectivity index (χ3v) is 5.40. The van der Waals surface area contributed by atoms with Crippen molar-refractivity contribution in [2.45, 2.75) is 44.1 Å². The number of carbonyl (C=O) groups is 1. The van der Waals surface area contributed by atoms with E-state index < -0.39 is 5.97 Å². The predicted octanol–water partition coefficient (Wildman–Crippen LogP) is 2.09. The van der Waals surface area contributed by atoms with Crippen molar-refractivity contribution in [3.05, 3.63) is 11.8 Å². The smallest absolute Gasteiger partial charge is 0.354 e. The van der Waals surface area contributed by atoms with Crippen molar-refractivity contribution >= 4 is 11.8 Å². The predicted molar refractivity (Wildman–Crippen MR) is 69.7 cm³/mol. The van der Waals surface area contributed by atoms with E-state index in [1.54, 1.807) is 4.68 Å². The fourth-order valence-electron chi connectivity index (χ4n) is 5.24. The zero-order valence-corrected chi connectivity index (χ0v) is 10.9. The van der Waals surface area contributed by atoms with E-state index >= 15 is 0 Å². The molecule has 0 aliphatic heterocycles. The second-order valence-electron chi connectivity index (χ2n) is 6.81. The summed E-state index contributed by atoms with van der Waals surface area (Å²) in [6, 6.07) is 1.50. The van der Waals surface area contributed by atoms with E-state index in [1.165, 1.54) is 25.3 Å². The second kappa shape index (κ2) is 3.52. The molecular formula is C14H19N3O2. The van der Waals surface area contributed by atoms with Crippen LogP contribution in [0.3, 0.4) is 0 Å². The molecule has 19 heavy (non-hydrogen) atoms. The van der Waals surface area contributed by atoms with Gasteiger partial charge in [-0.05, 0) is 56.3 Å². The van der Waals surface area contributed by atoms with E-state index in [1.807, 2.05) is 0 Å². The molecule has 1 aromatic heterocycles.